The van der Waals surface area contributed by atoms with E-state index in [1.165, 1.54) is 0 Å². The van der Waals surface area contributed by atoms with Gasteiger partial charge in [-0.25, -0.2) is 0 Å². The third kappa shape index (κ3) is 3.68. The van der Waals surface area contributed by atoms with Gasteiger partial charge in [0.05, 0.1) is 37.7 Å². The van der Waals surface area contributed by atoms with Crippen LogP contribution in [0.25, 0.3) is 5.69 Å². The number of ether oxygens (including phenoxy) is 1. The molecule has 156 valence electrons. The molecule has 1 saturated heterocycles. The van der Waals surface area contributed by atoms with Gasteiger partial charge in [-0.3, -0.25) is 4.98 Å². The molecular weight excluding hydrogens is 408 g/mol. The first-order valence-corrected chi connectivity index (χ1v) is 10.5. The zero-order valence-electron chi connectivity index (χ0n) is 17.0. The summed E-state index contributed by atoms with van der Waals surface area (Å²) in [6.45, 7) is 0.566. The minimum Gasteiger partial charge on any atom is -0.497 e. The minimum atomic E-state index is -0.0945. The second kappa shape index (κ2) is 8.28. The predicted octanol–water partition coefficient (Wildman–Crippen LogP) is 4.65. The minimum absolute atomic E-state index is 0.0753. The van der Waals surface area contributed by atoms with Crippen molar-refractivity contribution >= 4 is 17.3 Å². The third-order valence-electron chi connectivity index (χ3n) is 5.52. The number of thiocarbonyl (C=S) groups is 1. The fraction of sp³-hybridized carbons (Fsp3) is 0.167. The Labute approximate surface area is 186 Å². The normalized spacial score (nSPS) is 18.2. The average Bonchev–Trinajstić information content (AvgIpc) is 3.56. The highest BCUT2D eigenvalue weighted by molar-refractivity contribution is 7.80. The van der Waals surface area contributed by atoms with Crippen LogP contribution in [0.2, 0.25) is 0 Å². The van der Waals surface area contributed by atoms with Crippen LogP contribution >= 0.6 is 12.2 Å². The number of methoxy groups -OCH3 is 1. The van der Waals surface area contributed by atoms with Crippen LogP contribution in [0.5, 0.6) is 5.75 Å². The molecule has 3 aromatic heterocycles. The molecule has 7 heteroatoms. The molecule has 1 fully saturated rings. The number of pyridine rings is 1. The van der Waals surface area contributed by atoms with Crippen molar-refractivity contribution in [3.8, 4) is 11.4 Å². The average molecular weight is 431 g/mol. The van der Waals surface area contributed by atoms with E-state index in [2.05, 4.69) is 44.2 Å². The Morgan fingerprint density at radius 2 is 2.03 bits per heavy atom. The van der Waals surface area contributed by atoms with Crippen LogP contribution in [0, 0.1) is 0 Å². The molecule has 0 saturated carbocycles. The summed E-state index contributed by atoms with van der Waals surface area (Å²) in [5.41, 5.74) is 3.06. The smallest absolute Gasteiger partial charge is 0.170 e. The van der Waals surface area contributed by atoms with Gasteiger partial charge in [0.25, 0.3) is 0 Å². The zero-order valence-corrected chi connectivity index (χ0v) is 17.8. The lowest BCUT2D eigenvalue weighted by Crippen LogP contribution is -2.29. The Kier molecular flexibility index (Phi) is 5.18. The van der Waals surface area contributed by atoms with Gasteiger partial charge in [-0.1, -0.05) is 12.1 Å². The molecule has 0 bridgehead atoms. The number of furan rings is 1. The molecule has 4 heterocycles. The maximum absolute atomic E-state index is 5.76. The summed E-state index contributed by atoms with van der Waals surface area (Å²) in [6.07, 6.45) is 5.56. The van der Waals surface area contributed by atoms with Gasteiger partial charge in [-0.05, 0) is 60.7 Å². The van der Waals surface area contributed by atoms with E-state index in [1.807, 2.05) is 54.7 Å². The lowest BCUT2D eigenvalue weighted by atomic mass is 10.0. The van der Waals surface area contributed by atoms with Gasteiger partial charge in [0.2, 0.25) is 0 Å². The van der Waals surface area contributed by atoms with Crippen molar-refractivity contribution in [1.82, 2.24) is 19.8 Å². The van der Waals surface area contributed by atoms with E-state index < -0.39 is 0 Å². The van der Waals surface area contributed by atoms with Crippen molar-refractivity contribution < 1.29 is 9.15 Å². The summed E-state index contributed by atoms with van der Waals surface area (Å²) in [7, 11) is 1.68. The Morgan fingerprint density at radius 1 is 1.10 bits per heavy atom. The molecule has 1 N–H and O–H groups in total. The maximum Gasteiger partial charge on any atom is 0.170 e. The number of hydrogen-bond acceptors (Lipinski definition) is 4. The largest absolute Gasteiger partial charge is 0.497 e. The molecule has 1 aliphatic rings. The highest BCUT2D eigenvalue weighted by atomic mass is 32.1. The summed E-state index contributed by atoms with van der Waals surface area (Å²) >= 11 is 5.76. The topological polar surface area (TPSA) is 55.5 Å². The van der Waals surface area contributed by atoms with Gasteiger partial charge in [0.15, 0.2) is 5.11 Å². The summed E-state index contributed by atoms with van der Waals surface area (Å²) in [5.74, 6) is 1.67. The third-order valence-corrected chi connectivity index (χ3v) is 5.87. The van der Waals surface area contributed by atoms with E-state index in [-0.39, 0.29) is 12.1 Å². The van der Waals surface area contributed by atoms with Gasteiger partial charge in [0, 0.05) is 29.8 Å². The molecule has 2 unspecified atom stereocenters. The van der Waals surface area contributed by atoms with E-state index in [9.17, 15) is 0 Å². The predicted molar refractivity (Wildman–Crippen MR) is 122 cm³/mol. The lowest BCUT2D eigenvalue weighted by Gasteiger charge is -2.28. The van der Waals surface area contributed by atoms with E-state index in [1.54, 1.807) is 13.4 Å². The standard InChI is InChI=1S/C24H22N4O2S/c1-29-18-8-4-7-17(15-18)27-13-5-11-21(27)23-22(20-10-2-3-12-25-20)26-24(31)28(23)16-19-9-6-14-30-19/h2-15,22-23H,16H2,1H3,(H,26,31). The molecule has 1 aromatic carbocycles. The summed E-state index contributed by atoms with van der Waals surface area (Å²) in [6, 6.07) is 21.9. The maximum atomic E-state index is 5.76. The van der Waals surface area contributed by atoms with Crippen molar-refractivity contribution in [3.05, 3.63) is 103 Å². The SMILES string of the molecule is COc1cccc(-n2cccc2C2C(c3ccccn3)NC(=S)N2Cc2ccco2)c1. The molecule has 0 aliphatic carbocycles. The van der Waals surface area contributed by atoms with E-state index in [0.29, 0.717) is 11.7 Å². The van der Waals surface area contributed by atoms with Gasteiger partial charge in [-0.15, -0.1) is 0 Å². The van der Waals surface area contributed by atoms with Crippen LogP contribution in [-0.2, 0) is 6.54 Å². The van der Waals surface area contributed by atoms with Crippen LogP contribution in [0.15, 0.2) is 89.8 Å². The number of rotatable bonds is 6. The van der Waals surface area contributed by atoms with Crippen molar-refractivity contribution in [3.63, 3.8) is 0 Å². The van der Waals surface area contributed by atoms with Crippen molar-refractivity contribution in [2.45, 2.75) is 18.6 Å². The van der Waals surface area contributed by atoms with E-state index in [0.717, 1.165) is 28.6 Å². The summed E-state index contributed by atoms with van der Waals surface area (Å²) < 4.78 is 13.2. The van der Waals surface area contributed by atoms with Crippen LogP contribution in [0.3, 0.4) is 0 Å². The molecular formula is C24H22N4O2S. The lowest BCUT2D eigenvalue weighted by molar-refractivity contribution is 0.280. The Hall–Kier alpha value is -3.58. The summed E-state index contributed by atoms with van der Waals surface area (Å²) in [5, 5.41) is 4.16. The second-order valence-electron chi connectivity index (χ2n) is 7.34. The van der Waals surface area contributed by atoms with Crippen LogP contribution in [0.4, 0.5) is 0 Å². The first kappa shape index (κ1) is 19.4. The number of hydrogen-bond donors (Lipinski definition) is 1. The number of aromatic nitrogens is 2. The van der Waals surface area contributed by atoms with Crippen molar-refractivity contribution in [2.75, 3.05) is 7.11 Å². The van der Waals surface area contributed by atoms with E-state index >= 15 is 0 Å². The Bertz CT molecular complexity index is 1170. The summed E-state index contributed by atoms with van der Waals surface area (Å²) in [4.78, 5) is 6.78. The Morgan fingerprint density at radius 3 is 2.81 bits per heavy atom. The quantitative estimate of drug-likeness (QED) is 0.450. The molecule has 31 heavy (non-hydrogen) atoms. The van der Waals surface area contributed by atoms with Crippen LogP contribution in [0.1, 0.15) is 29.2 Å². The first-order valence-electron chi connectivity index (χ1n) is 10.1. The molecule has 1 aliphatic heterocycles. The molecule has 6 nitrogen and oxygen atoms in total. The van der Waals surface area contributed by atoms with Gasteiger partial charge < -0.3 is 23.9 Å². The fourth-order valence-corrected chi connectivity index (χ4v) is 4.40. The van der Waals surface area contributed by atoms with E-state index in [4.69, 9.17) is 21.4 Å². The first-order chi connectivity index (χ1) is 15.2. The van der Waals surface area contributed by atoms with Crippen LogP contribution in [-0.4, -0.2) is 26.7 Å². The van der Waals surface area contributed by atoms with Gasteiger partial charge in [0.1, 0.15) is 11.5 Å². The second-order valence-corrected chi connectivity index (χ2v) is 7.73. The molecule has 2 atom stereocenters. The molecule has 0 amide bonds. The molecule has 4 aromatic rings. The number of nitrogens with zero attached hydrogens (tertiary/aromatic N) is 3. The zero-order chi connectivity index (χ0) is 21.2. The molecule has 0 radical (unpaired) electrons. The van der Waals surface area contributed by atoms with Crippen molar-refractivity contribution in [1.29, 1.82) is 0 Å². The van der Waals surface area contributed by atoms with Gasteiger partial charge in [-0.2, -0.15) is 0 Å². The molecule has 5 rings (SSSR count). The highest BCUT2D eigenvalue weighted by Crippen LogP contribution is 2.40. The fourth-order valence-electron chi connectivity index (χ4n) is 4.10. The monoisotopic (exact) mass is 430 g/mol. The van der Waals surface area contributed by atoms with Crippen molar-refractivity contribution in [2.24, 2.45) is 0 Å². The highest BCUT2D eigenvalue weighted by Gasteiger charge is 2.41. The number of benzene rings is 1. The molecule has 0 spiro atoms. The number of nitrogens with one attached hydrogen (secondary N) is 1. The van der Waals surface area contributed by atoms with Gasteiger partial charge >= 0.3 is 0 Å². The Balaban J connectivity index is 1.60. The van der Waals surface area contributed by atoms with Crippen LogP contribution < -0.4 is 10.1 Å².